The molecule has 1 atom stereocenters. The molecule has 2 rings (SSSR count). The first-order chi connectivity index (χ1) is 9.49. The summed E-state index contributed by atoms with van der Waals surface area (Å²) in [6.45, 7) is 1.48. The first-order valence-corrected chi connectivity index (χ1v) is 6.60. The van der Waals surface area contributed by atoms with E-state index in [1.165, 1.54) is 6.07 Å². The molecule has 0 aromatic carbocycles. The second kappa shape index (κ2) is 6.30. The van der Waals surface area contributed by atoms with Crippen LogP contribution in [-0.2, 0) is 6.54 Å². The van der Waals surface area contributed by atoms with E-state index in [1.807, 2.05) is 19.0 Å². The van der Waals surface area contributed by atoms with E-state index in [9.17, 15) is 4.39 Å². The molecule has 0 saturated heterocycles. The topological polar surface area (TPSA) is 60.0 Å². The molecule has 0 radical (unpaired) electrons. The molecule has 20 heavy (non-hydrogen) atoms. The van der Waals surface area contributed by atoms with E-state index in [4.69, 9.17) is 17.3 Å². The van der Waals surface area contributed by atoms with Crippen LogP contribution in [0.2, 0.25) is 5.02 Å². The maximum atomic E-state index is 12.9. The van der Waals surface area contributed by atoms with Crippen LogP contribution in [0.25, 0.3) is 0 Å². The van der Waals surface area contributed by atoms with Crippen molar-refractivity contribution in [3.05, 3.63) is 46.8 Å². The third kappa shape index (κ3) is 3.33. The van der Waals surface area contributed by atoms with Crippen molar-refractivity contribution in [1.82, 2.24) is 19.7 Å². The van der Waals surface area contributed by atoms with Crippen LogP contribution in [0.1, 0.15) is 17.4 Å². The summed E-state index contributed by atoms with van der Waals surface area (Å²) >= 11 is 6.16. The average Bonchev–Trinajstić information content (AvgIpc) is 2.77. The highest BCUT2D eigenvalue weighted by Crippen LogP contribution is 2.25. The van der Waals surface area contributed by atoms with Crippen molar-refractivity contribution in [2.24, 2.45) is 5.73 Å². The van der Waals surface area contributed by atoms with E-state index in [-0.39, 0.29) is 0 Å². The van der Waals surface area contributed by atoms with Gasteiger partial charge in [0, 0.05) is 6.54 Å². The maximum Gasteiger partial charge on any atom is 0.141 e. The fourth-order valence-electron chi connectivity index (χ4n) is 1.87. The molecular weight excluding hydrogens is 281 g/mol. The molecular formula is C13H17ClFN5. The van der Waals surface area contributed by atoms with Crippen LogP contribution in [-0.4, -0.2) is 40.3 Å². The second-order valence-electron chi connectivity index (χ2n) is 4.78. The highest BCUT2D eigenvalue weighted by atomic mass is 35.5. The number of nitrogens with zero attached hydrogens (tertiary/aromatic N) is 4. The van der Waals surface area contributed by atoms with Crippen LogP contribution in [0, 0.1) is 5.82 Å². The summed E-state index contributed by atoms with van der Waals surface area (Å²) in [5.74, 6) is -0.395. The van der Waals surface area contributed by atoms with E-state index < -0.39 is 11.9 Å². The Morgan fingerprint density at radius 1 is 1.40 bits per heavy atom. The van der Waals surface area contributed by atoms with E-state index >= 15 is 0 Å². The number of hydrogen-bond acceptors (Lipinski definition) is 4. The Bertz CT molecular complexity index is 567. The summed E-state index contributed by atoms with van der Waals surface area (Å²) in [5, 5.41) is 4.72. The zero-order chi connectivity index (χ0) is 14.7. The smallest absolute Gasteiger partial charge is 0.141 e. The van der Waals surface area contributed by atoms with Gasteiger partial charge in [-0.25, -0.2) is 4.39 Å². The summed E-state index contributed by atoms with van der Waals surface area (Å²) in [5.41, 5.74) is 7.42. The van der Waals surface area contributed by atoms with E-state index in [1.54, 1.807) is 16.9 Å². The van der Waals surface area contributed by atoms with Crippen molar-refractivity contribution in [3.8, 4) is 0 Å². The Balaban J connectivity index is 2.26. The summed E-state index contributed by atoms with van der Waals surface area (Å²) in [6.07, 6.45) is 2.71. The summed E-state index contributed by atoms with van der Waals surface area (Å²) in [6, 6.07) is 2.35. The van der Waals surface area contributed by atoms with Gasteiger partial charge in [-0.1, -0.05) is 11.6 Å². The Morgan fingerprint density at radius 3 is 2.75 bits per heavy atom. The molecule has 0 saturated carbocycles. The molecule has 108 valence electrons. The number of nitrogens with two attached hydrogens (primary N) is 1. The molecule has 0 bridgehead atoms. The fourth-order valence-corrected chi connectivity index (χ4v) is 2.12. The lowest BCUT2D eigenvalue weighted by molar-refractivity contribution is 0.368. The van der Waals surface area contributed by atoms with E-state index in [2.05, 4.69) is 10.1 Å². The zero-order valence-electron chi connectivity index (χ0n) is 11.4. The van der Waals surface area contributed by atoms with Gasteiger partial charge in [-0.3, -0.25) is 9.67 Å². The molecule has 0 aliphatic rings. The summed E-state index contributed by atoms with van der Waals surface area (Å²) < 4.78 is 14.7. The van der Waals surface area contributed by atoms with Gasteiger partial charge in [0.05, 0.1) is 41.4 Å². The summed E-state index contributed by atoms with van der Waals surface area (Å²) in [7, 11) is 3.96. The van der Waals surface area contributed by atoms with Gasteiger partial charge in [0.15, 0.2) is 0 Å². The normalized spacial score (nSPS) is 12.9. The van der Waals surface area contributed by atoms with Crippen molar-refractivity contribution in [3.63, 3.8) is 0 Å². The van der Waals surface area contributed by atoms with Crippen molar-refractivity contribution in [2.75, 3.05) is 20.6 Å². The quantitative estimate of drug-likeness (QED) is 0.912. The number of pyridine rings is 1. The van der Waals surface area contributed by atoms with Gasteiger partial charge < -0.3 is 10.6 Å². The summed E-state index contributed by atoms with van der Waals surface area (Å²) in [4.78, 5) is 6.04. The van der Waals surface area contributed by atoms with E-state index in [0.29, 0.717) is 23.0 Å². The van der Waals surface area contributed by atoms with Gasteiger partial charge >= 0.3 is 0 Å². The Morgan fingerprint density at radius 2 is 2.15 bits per heavy atom. The molecule has 0 spiro atoms. The molecule has 0 fully saturated rings. The second-order valence-corrected chi connectivity index (χ2v) is 5.19. The lowest BCUT2D eigenvalue weighted by Gasteiger charge is -2.16. The first kappa shape index (κ1) is 14.9. The van der Waals surface area contributed by atoms with Crippen molar-refractivity contribution >= 4 is 11.6 Å². The molecule has 0 aliphatic heterocycles. The minimum atomic E-state index is -0.534. The highest BCUT2D eigenvalue weighted by molar-refractivity contribution is 6.31. The average molecular weight is 298 g/mol. The number of aromatic nitrogens is 3. The fraction of sp³-hybridized carbons (Fsp3) is 0.385. The Labute approximate surface area is 122 Å². The molecule has 2 N–H and O–H groups in total. The lowest BCUT2D eigenvalue weighted by Crippen LogP contribution is -2.24. The van der Waals surface area contributed by atoms with Gasteiger partial charge in [0.1, 0.15) is 5.82 Å². The van der Waals surface area contributed by atoms with Crippen molar-refractivity contribution in [1.29, 1.82) is 0 Å². The Kier molecular flexibility index (Phi) is 4.69. The number of likely N-dealkylation sites (N-methyl/N-ethyl adjacent to an activating group) is 1. The van der Waals surface area contributed by atoms with Crippen molar-refractivity contribution in [2.45, 2.75) is 12.6 Å². The molecule has 0 aliphatic carbocycles. The predicted molar refractivity (Wildman–Crippen MR) is 76.0 cm³/mol. The monoisotopic (exact) mass is 297 g/mol. The van der Waals surface area contributed by atoms with Crippen LogP contribution in [0.3, 0.4) is 0 Å². The lowest BCUT2D eigenvalue weighted by atomic mass is 10.1. The minimum Gasteiger partial charge on any atom is -0.318 e. The first-order valence-electron chi connectivity index (χ1n) is 6.22. The zero-order valence-corrected chi connectivity index (χ0v) is 12.2. The Hall–Kier alpha value is -1.50. The van der Waals surface area contributed by atoms with Crippen molar-refractivity contribution < 1.29 is 4.39 Å². The van der Waals surface area contributed by atoms with Crippen LogP contribution in [0.4, 0.5) is 4.39 Å². The SMILES string of the molecule is CN(C)CCn1ncc(Cl)c1C(N)c1ccc(F)cn1. The van der Waals surface area contributed by atoms with Gasteiger partial charge in [-0.2, -0.15) is 5.10 Å². The molecule has 2 aromatic rings. The number of rotatable bonds is 5. The number of halogens is 2. The van der Waals surface area contributed by atoms with Crippen LogP contribution >= 0.6 is 11.6 Å². The molecule has 5 nitrogen and oxygen atoms in total. The van der Waals surface area contributed by atoms with Gasteiger partial charge in [-0.15, -0.1) is 0 Å². The van der Waals surface area contributed by atoms with Gasteiger partial charge in [0.2, 0.25) is 0 Å². The molecule has 7 heteroatoms. The van der Waals surface area contributed by atoms with Crippen LogP contribution in [0.5, 0.6) is 0 Å². The largest absolute Gasteiger partial charge is 0.318 e. The van der Waals surface area contributed by atoms with E-state index in [0.717, 1.165) is 12.7 Å². The van der Waals surface area contributed by atoms with Crippen LogP contribution in [0.15, 0.2) is 24.5 Å². The molecule has 0 amide bonds. The molecule has 2 aromatic heterocycles. The third-order valence-electron chi connectivity index (χ3n) is 2.96. The standard InChI is InChI=1S/C13H17ClFN5/c1-19(2)5-6-20-13(10(14)8-18-20)12(16)11-4-3-9(15)7-17-11/h3-4,7-8,12H,5-6,16H2,1-2H3. The van der Waals surface area contributed by atoms with Gasteiger partial charge in [0.25, 0.3) is 0 Å². The predicted octanol–water partition coefficient (Wildman–Crippen LogP) is 1.68. The highest BCUT2D eigenvalue weighted by Gasteiger charge is 2.19. The molecule has 2 heterocycles. The molecule has 1 unspecified atom stereocenters. The third-order valence-corrected chi connectivity index (χ3v) is 3.25. The minimum absolute atomic E-state index is 0.395. The van der Waals surface area contributed by atoms with Crippen LogP contribution < -0.4 is 5.73 Å². The van der Waals surface area contributed by atoms with Gasteiger partial charge in [-0.05, 0) is 26.2 Å². The number of hydrogen-bond donors (Lipinski definition) is 1. The maximum absolute atomic E-state index is 12.9.